The number of benzene rings is 1. The lowest BCUT2D eigenvalue weighted by Crippen LogP contribution is -2.30. The van der Waals surface area contributed by atoms with E-state index >= 15 is 0 Å². The van der Waals surface area contributed by atoms with E-state index in [1.165, 1.54) is 12.5 Å². The van der Waals surface area contributed by atoms with Crippen molar-refractivity contribution < 1.29 is 8.91 Å². The van der Waals surface area contributed by atoms with Gasteiger partial charge in [-0.25, -0.2) is 4.39 Å². The van der Waals surface area contributed by atoms with Crippen LogP contribution >= 0.6 is 0 Å². The monoisotopic (exact) mass is 247 g/mol. The number of nitrogens with zero attached hydrogens (tertiary/aromatic N) is 3. The largest absolute Gasteiger partial charge is 0.338 e. The topological polar surface area (TPSA) is 42.2 Å². The van der Waals surface area contributed by atoms with Crippen molar-refractivity contribution in [3.8, 4) is 11.5 Å². The molecule has 1 fully saturated rings. The molecule has 0 N–H and O–H groups in total. The van der Waals surface area contributed by atoms with E-state index in [0.29, 0.717) is 11.5 Å². The third-order valence-electron chi connectivity index (χ3n) is 3.16. The molecule has 18 heavy (non-hydrogen) atoms. The molecule has 0 unspecified atom stereocenters. The maximum absolute atomic E-state index is 13.6. The molecule has 1 aliphatic heterocycles. The van der Waals surface area contributed by atoms with Crippen LogP contribution in [0.4, 0.5) is 10.3 Å². The molecule has 0 bridgehead atoms. The highest BCUT2D eigenvalue weighted by Gasteiger charge is 2.18. The number of hydrogen-bond acceptors (Lipinski definition) is 4. The predicted molar refractivity (Wildman–Crippen MR) is 65.8 cm³/mol. The second kappa shape index (κ2) is 4.76. The molecular weight excluding hydrogens is 233 g/mol. The number of aromatic nitrogens is 2. The molecule has 0 aliphatic carbocycles. The first-order valence-electron chi connectivity index (χ1n) is 6.18. The van der Waals surface area contributed by atoms with Gasteiger partial charge in [-0.1, -0.05) is 12.1 Å². The van der Waals surface area contributed by atoms with Gasteiger partial charge >= 0.3 is 0 Å². The molecule has 2 aromatic rings. The zero-order chi connectivity index (χ0) is 12.4. The Hall–Kier alpha value is -1.91. The standard InChI is InChI=1S/C13H14FN3O/c14-11-7-3-2-6-10(11)12-15-13(16-18-12)17-8-4-1-5-9-17/h2-3,6-7H,1,4-5,8-9H2. The van der Waals surface area contributed by atoms with Gasteiger partial charge in [0.15, 0.2) is 0 Å². The molecule has 1 aromatic heterocycles. The molecule has 1 saturated heterocycles. The maximum atomic E-state index is 13.6. The van der Waals surface area contributed by atoms with Crippen LogP contribution in [0, 0.1) is 5.82 Å². The summed E-state index contributed by atoms with van der Waals surface area (Å²) in [5.74, 6) is 0.466. The zero-order valence-electron chi connectivity index (χ0n) is 9.97. The first-order valence-corrected chi connectivity index (χ1v) is 6.18. The Bertz CT molecular complexity index is 535. The Morgan fingerprint density at radius 1 is 1.11 bits per heavy atom. The summed E-state index contributed by atoms with van der Waals surface area (Å²) in [6.07, 6.45) is 3.53. The summed E-state index contributed by atoms with van der Waals surface area (Å²) in [5, 5.41) is 3.93. The molecule has 1 aliphatic rings. The Balaban J connectivity index is 1.87. The Morgan fingerprint density at radius 3 is 2.67 bits per heavy atom. The van der Waals surface area contributed by atoms with Crippen LogP contribution < -0.4 is 4.90 Å². The number of hydrogen-bond donors (Lipinski definition) is 0. The molecule has 5 heteroatoms. The second-order valence-corrected chi connectivity index (χ2v) is 4.43. The highest BCUT2D eigenvalue weighted by molar-refractivity contribution is 5.55. The molecule has 0 radical (unpaired) electrons. The van der Waals surface area contributed by atoms with Crippen LogP contribution in [0.5, 0.6) is 0 Å². The van der Waals surface area contributed by atoms with Gasteiger partial charge in [-0.2, -0.15) is 4.98 Å². The molecule has 0 atom stereocenters. The molecule has 0 spiro atoms. The zero-order valence-corrected chi connectivity index (χ0v) is 9.97. The molecular formula is C13H14FN3O. The van der Waals surface area contributed by atoms with Crippen LogP contribution in [-0.2, 0) is 0 Å². The fourth-order valence-electron chi connectivity index (χ4n) is 2.18. The van der Waals surface area contributed by atoms with Crippen LogP contribution in [0.15, 0.2) is 28.8 Å². The van der Waals surface area contributed by atoms with Crippen molar-refractivity contribution in [1.29, 1.82) is 0 Å². The fraction of sp³-hybridized carbons (Fsp3) is 0.385. The van der Waals surface area contributed by atoms with Crippen molar-refractivity contribution in [2.24, 2.45) is 0 Å². The minimum Gasteiger partial charge on any atom is -0.338 e. The van der Waals surface area contributed by atoms with Gasteiger partial charge in [0.1, 0.15) is 5.82 Å². The van der Waals surface area contributed by atoms with Crippen molar-refractivity contribution in [3.63, 3.8) is 0 Å². The van der Waals surface area contributed by atoms with Crippen LogP contribution in [-0.4, -0.2) is 23.2 Å². The van der Waals surface area contributed by atoms with Crippen LogP contribution in [0.2, 0.25) is 0 Å². The summed E-state index contributed by atoms with van der Waals surface area (Å²) in [5.41, 5.74) is 0.355. The van der Waals surface area contributed by atoms with Gasteiger partial charge in [0.05, 0.1) is 5.56 Å². The molecule has 94 valence electrons. The molecule has 0 amide bonds. The summed E-state index contributed by atoms with van der Waals surface area (Å²) in [4.78, 5) is 6.35. The lowest BCUT2D eigenvalue weighted by molar-refractivity contribution is 0.424. The normalized spacial score (nSPS) is 15.9. The van der Waals surface area contributed by atoms with E-state index in [2.05, 4.69) is 15.0 Å². The highest BCUT2D eigenvalue weighted by Crippen LogP contribution is 2.24. The van der Waals surface area contributed by atoms with Crippen LogP contribution in [0.3, 0.4) is 0 Å². The van der Waals surface area contributed by atoms with Gasteiger partial charge in [-0.3, -0.25) is 0 Å². The number of halogens is 1. The molecule has 0 saturated carbocycles. The lowest BCUT2D eigenvalue weighted by atomic mass is 10.1. The summed E-state index contributed by atoms with van der Waals surface area (Å²) in [6, 6.07) is 6.42. The fourth-order valence-corrected chi connectivity index (χ4v) is 2.18. The average Bonchev–Trinajstić information content (AvgIpc) is 2.90. The van der Waals surface area contributed by atoms with Crippen LogP contribution in [0.25, 0.3) is 11.5 Å². The van der Waals surface area contributed by atoms with Gasteiger partial charge < -0.3 is 9.42 Å². The molecule has 2 heterocycles. The van der Waals surface area contributed by atoms with E-state index in [1.807, 2.05) is 0 Å². The van der Waals surface area contributed by atoms with Crippen molar-refractivity contribution >= 4 is 5.95 Å². The highest BCUT2D eigenvalue weighted by atomic mass is 19.1. The van der Waals surface area contributed by atoms with E-state index in [9.17, 15) is 4.39 Å². The van der Waals surface area contributed by atoms with E-state index in [4.69, 9.17) is 4.52 Å². The summed E-state index contributed by atoms with van der Waals surface area (Å²) in [7, 11) is 0. The van der Waals surface area contributed by atoms with Crippen molar-refractivity contribution in [1.82, 2.24) is 10.1 Å². The molecule has 3 rings (SSSR count). The smallest absolute Gasteiger partial charge is 0.266 e. The maximum Gasteiger partial charge on any atom is 0.266 e. The first-order chi connectivity index (χ1) is 8.84. The van der Waals surface area contributed by atoms with Crippen molar-refractivity contribution in [2.75, 3.05) is 18.0 Å². The Labute approximate surface area is 104 Å². The van der Waals surface area contributed by atoms with Gasteiger partial charge in [-0.05, 0) is 36.6 Å². The van der Waals surface area contributed by atoms with Crippen molar-refractivity contribution in [2.45, 2.75) is 19.3 Å². The van der Waals surface area contributed by atoms with E-state index in [1.54, 1.807) is 18.2 Å². The first kappa shape index (κ1) is 11.2. The van der Waals surface area contributed by atoms with Crippen molar-refractivity contribution in [3.05, 3.63) is 30.1 Å². The Kier molecular flexibility index (Phi) is 2.96. The van der Waals surface area contributed by atoms with Gasteiger partial charge in [0.2, 0.25) is 0 Å². The van der Waals surface area contributed by atoms with E-state index < -0.39 is 0 Å². The van der Waals surface area contributed by atoms with Gasteiger partial charge in [0.25, 0.3) is 11.8 Å². The number of anilines is 1. The quantitative estimate of drug-likeness (QED) is 0.818. The summed E-state index contributed by atoms with van der Waals surface area (Å²) >= 11 is 0. The van der Waals surface area contributed by atoms with Gasteiger partial charge in [-0.15, -0.1) is 0 Å². The third-order valence-corrected chi connectivity index (χ3v) is 3.16. The van der Waals surface area contributed by atoms with Crippen LogP contribution in [0.1, 0.15) is 19.3 Å². The SMILES string of the molecule is Fc1ccccc1-c1nc(N2CCCCC2)no1. The van der Waals surface area contributed by atoms with Gasteiger partial charge in [0, 0.05) is 13.1 Å². The summed E-state index contributed by atoms with van der Waals surface area (Å²) in [6.45, 7) is 1.88. The van der Waals surface area contributed by atoms with E-state index in [-0.39, 0.29) is 11.7 Å². The predicted octanol–water partition coefficient (Wildman–Crippen LogP) is 2.87. The third kappa shape index (κ3) is 2.08. The Morgan fingerprint density at radius 2 is 1.89 bits per heavy atom. The minimum atomic E-state index is -0.341. The lowest BCUT2D eigenvalue weighted by Gasteiger charge is -2.24. The molecule has 1 aromatic carbocycles. The second-order valence-electron chi connectivity index (χ2n) is 4.43. The number of rotatable bonds is 2. The van der Waals surface area contributed by atoms with E-state index in [0.717, 1.165) is 25.9 Å². The number of piperidine rings is 1. The summed E-state index contributed by atoms with van der Waals surface area (Å²) < 4.78 is 18.7. The minimum absolute atomic E-state index is 0.244. The average molecular weight is 247 g/mol. The molecule has 4 nitrogen and oxygen atoms in total.